The number of ketones is 1. The van der Waals surface area contributed by atoms with E-state index in [9.17, 15) is 4.79 Å². The van der Waals surface area contributed by atoms with Crippen molar-refractivity contribution < 1.29 is 4.79 Å². The SMILES string of the molecule is CCCC[C@@H]1C=CC(=O)/C1=C/c1ccccc1. The summed E-state index contributed by atoms with van der Waals surface area (Å²) in [5, 5.41) is 0. The Morgan fingerprint density at radius 3 is 2.71 bits per heavy atom. The molecule has 0 fully saturated rings. The van der Waals surface area contributed by atoms with Crippen LogP contribution in [-0.2, 0) is 4.79 Å². The first kappa shape index (κ1) is 11.8. The Kier molecular flexibility index (Phi) is 3.92. The quantitative estimate of drug-likeness (QED) is 0.709. The Hall–Kier alpha value is -1.63. The molecule has 0 aliphatic heterocycles. The third kappa shape index (κ3) is 2.94. The molecule has 1 heteroatoms. The van der Waals surface area contributed by atoms with Crippen LogP contribution in [0.2, 0.25) is 0 Å². The highest BCUT2D eigenvalue weighted by molar-refractivity contribution is 6.10. The molecule has 0 radical (unpaired) electrons. The Labute approximate surface area is 103 Å². The fourth-order valence-electron chi connectivity index (χ4n) is 2.17. The molecule has 0 heterocycles. The van der Waals surface area contributed by atoms with Gasteiger partial charge in [0.15, 0.2) is 5.78 Å². The number of benzene rings is 1. The van der Waals surface area contributed by atoms with Gasteiger partial charge in [-0.2, -0.15) is 0 Å². The van der Waals surface area contributed by atoms with Gasteiger partial charge in [0.25, 0.3) is 0 Å². The number of rotatable bonds is 4. The molecule has 0 spiro atoms. The Balaban J connectivity index is 2.18. The summed E-state index contributed by atoms with van der Waals surface area (Å²) in [6.45, 7) is 2.18. The lowest BCUT2D eigenvalue weighted by Gasteiger charge is -2.09. The highest BCUT2D eigenvalue weighted by Crippen LogP contribution is 2.28. The number of allylic oxidation sites excluding steroid dienone is 3. The average Bonchev–Trinajstić information content (AvgIpc) is 2.70. The third-order valence-electron chi connectivity index (χ3n) is 3.15. The molecule has 0 saturated carbocycles. The monoisotopic (exact) mass is 226 g/mol. The summed E-state index contributed by atoms with van der Waals surface area (Å²) in [5.74, 6) is 0.498. The van der Waals surface area contributed by atoms with E-state index in [1.165, 1.54) is 12.8 Å². The molecule has 0 unspecified atom stereocenters. The molecule has 88 valence electrons. The Morgan fingerprint density at radius 2 is 2.00 bits per heavy atom. The van der Waals surface area contributed by atoms with Crippen molar-refractivity contribution in [1.29, 1.82) is 0 Å². The van der Waals surface area contributed by atoms with Crippen LogP contribution < -0.4 is 0 Å². The van der Waals surface area contributed by atoms with E-state index in [-0.39, 0.29) is 5.78 Å². The van der Waals surface area contributed by atoms with E-state index in [1.54, 1.807) is 6.08 Å². The molecule has 2 rings (SSSR count). The minimum atomic E-state index is 0.176. The van der Waals surface area contributed by atoms with Gasteiger partial charge in [0.1, 0.15) is 0 Å². The van der Waals surface area contributed by atoms with Crippen LogP contribution in [0.3, 0.4) is 0 Å². The van der Waals surface area contributed by atoms with Crippen LogP contribution in [0.25, 0.3) is 6.08 Å². The molecule has 17 heavy (non-hydrogen) atoms. The van der Waals surface area contributed by atoms with Gasteiger partial charge in [0, 0.05) is 11.5 Å². The summed E-state index contributed by atoms with van der Waals surface area (Å²) in [5.41, 5.74) is 2.06. The van der Waals surface area contributed by atoms with E-state index in [0.29, 0.717) is 5.92 Å². The summed E-state index contributed by atoms with van der Waals surface area (Å²) >= 11 is 0. The third-order valence-corrected chi connectivity index (χ3v) is 3.15. The van der Waals surface area contributed by atoms with E-state index in [4.69, 9.17) is 0 Å². The van der Waals surface area contributed by atoms with Crippen LogP contribution in [-0.4, -0.2) is 5.78 Å². The van der Waals surface area contributed by atoms with Gasteiger partial charge < -0.3 is 0 Å². The fraction of sp³-hybridized carbons (Fsp3) is 0.312. The molecule has 0 bridgehead atoms. The maximum absolute atomic E-state index is 11.8. The van der Waals surface area contributed by atoms with Gasteiger partial charge >= 0.3 is 0 Å². The van der Waals surface area contributed by atoms with Crippen LogP contribution in [0.1, 0.15) is 31.7 Å². The lowest BCUT2D eigenvalue weighted by Crippen LogP contribution is -2.02. The smallest absolute Gasteiger partial charge is 0.182 e. The molecule has 0 saturated heterocycles. The van der Waals surface area contributed by atoms with Crippen LogP contribution in [0.4, 0.5) is 0 Å². The molecule has 1 atom stereocenters. The summed E-state index contributed by atoms with van der Waals surface area (Å²) in [6.07, 6.45) is 9.23. The highest BCUT2D eigenvalue weighted by Gasteiger charge is 2.22. The van der Waals surface area contributed by atoms with E-state index in [0.717, 1.165) is 17.6 Å². The van der Waals surface area contributed by atoms with Crippen LogP contribution in [0, 0.1) is 5.92 Å². The van der Waals surface area contributed by atoms with Crippen molar-refractivity contribution in [1.82, 2.24) is 0 Å². The fourth-order valence-corrected chi connectivity index (χ4v) is 2.17. The largest absolute Gasteiger partial charge is 0.290 e. The molecule has 1 aliphatic carbocycles. The second-order valence-electron chi connectivity index (χ2n) is 4.48. The van der Waals surface area contributed by atoms with Gasteiger partial charge in [0.05, 0.1) is 0 Å². The van der Waals surface area contributed by atoms with Gasteiger partial charge in [0.2, 0.25) is 0 Å². The van der Waals surface area contributed by atoms with Gasteiger partial charge in [-0.3, -0.25) is 4.79 Å². The molecule has 1 aliphatic rings. The van der Waals surface area contributed by atoms with Crippen molar-refractivity contribution >= 4 is 11.9 Å². The molecule has 1 nitrogen and oxygen atoms in total. The second-order valence-corrected chi connectivity index (χ2v) is 4.48. The van der Waals surface area contributed by atoms with E-state index >= 15 is 0 Å². The summed E-state index contributed by atoms with van der Waals surface area (Å²) < 4.78 is 0. The summed E-state index contributed by atoms with van der Waals surface area (Å²) in [4.78, 5) is 11.8. The minimum Gasteiger partial charge on any atom is -0.290 e. The lowest BCUT2D eigenvalue weighted by atomic mass is 9.94. The average molecular weight is 226 g/mol. The topological polar surface area (TPSA) is 17.1 Å². The number of hydrogen-bond donors (Lipinski definition) is 0. The number of carbonyl (C=O) groups is 1. The molecule has 0 N–H and O–H groups in total. The zero-order chi connectivity index (χ0) is 12.1. The van der Waals surface area contributed by atoms with E-state index in [1.807, 2.05) is 42.5 Å². The molecular formula is C16H18O. The highest BCUT2D eigenvalue weighted by atomic mass is 16.1. The number of carbonyl (C=O) groups excluding carboxylic acids is 1. The van der Waals surface area contributed by atoms with Crippen molar-refractivity contribution in [3.63, 3.8) is 0 Å². The molecule has 0 amide bonds. The Bertz CT molecular complexity index is 440. The predicted octanol–water partition coefficient (Wildman–Crippen LogP) is 4.02. The molecule has 1 aromatic carbocycles. The lowest BCUT2D eigenvalue weighted by molar-refractivity contribution is -0.111. The second kappa shape index (κ2) is 5.62. The van der Waals surface area contributed by atoms with Crippen molar-refractivity contribution in [2.75, 3.05) is 0 Å². The molecular weight excluding hydrogens is 208 g/mol. The van der Waals surface area contributed by atoms with Crippen molar-refractivity contribution in [3.8, 4) is 0 Å². The predicted molar refractivity (Wildman–Crippen MR) is 71.6 cm³/mol. The van der Waals surface area contributed by atoms with Crippen LogP contribution in [0.5, 0.6) is 0 Å². The van der Waals surface area contributed by atoms with Crippen molar-refractivity contribution in [2.45, 2.75) is 26.2 Å². The maximum Gasteiger partial charge on any atom is 0.182 e. The first-order valence-corrected chi connectivity index (χ1v) is 6.30. The maximum atomic E-state index is 11.8. The first-order chi connectivity index (χ1) is 8.31. The Morgan fingerprint density at radius 1 is 1.24 bits per heavy atom. The van der Waals surface area contributed by atoms with Gasteiger partial charge in [-0.25, -0.2) is 0 Å². The molecule has 0 aromatic heterocycles. The van der Waals surface area contributed by atoms with Gasteiger partial charge in [-0.1, -0.05) is 56.2 Å². The van der Waals surface area contributed by atoms with Crippen LogP contribution in [0.15, 0.2) is 48.1 Å². The minimum absolute atomic E-state index is 0.176. The zero-order valence-corrected chi connectivity index (χ0v) is 10.2. The summed E-state index contributed by atoms with van der Waals surface area (Å²) in [6, 6.07) is 10.1. The van der Waals surface area contributed by atoms with Gasteiger partial charge in [-0.05, 0) is 24.1 Å². The number of hydrogen-bond acceptors (Lipinski definition) is 1. The zero-order valence-electron chi connectivity index (χ0n) is 10.2. The van der Waals surface area contributed by atoms with Crippen molar-refractivity contribution in [3.05, 3.63) is 53.6 Å². The van der Waals surface area contributed by atoms with Crippen LogP contribution >= 0.6 is 0 Å². The van der Waals surface area contributed by atoms with Gasteiger partial charge in [-0.15, -0.1) is 0 Å². The van der Waals surface area contributed by atoms with E-state index < -0.39 is 0 Å². The first-order valence-electron chi connectivity index (χ1n) is 6.30. The van der Waals surface area contributed by atoms with Crippen molar-refractivity contribution in [2.24, 2.45) is 5.92 Å². The molecule has 1 aromatic rings. The summed E-state index contributed by atoms with van der Waals surface area (Å²) in [7, 11) is 0. The normalized spacial score (nSPS) is 21.4. The standard InChI is InChI=1S/C16H18O/c1-2-3-9-14-10-11-16(17)15(14)12-13-7-5-4-6-8-13/h4-8,10-12,14H,2-3,9H2,1H3/b15-12+/t14-/m1/s1. The number of unbranched alkanes of at least 4 members (excludes halogenated alkanes) is 1. The van der Waals surface area contributed by atoms with E-state index in [2.05, 4.69) is 6.92 Å².